The summed E-state index contributed by atoms with van der Waals surface area (Å²) in [6, 6.07) is 11.9. The first-order chi connectivity index (χ1) is 15.7. The first-order valence-electron chi connectivity index (χ1n) is 12.3. The van der Waals surface area contributed by atoms with Crippen molar-refractivity contribution in [3.63, 3.8) is 0 Å². The van der Waals surface area contributed by atoms with E-state index in [-0.39, 0.29) is 5.91 Å². The molecule has 2 heterocycles. The van der Waals surface area contributed by atoms with Gasteiger partial charge in [0.05, 0.1) is 23.1 Å². The van der Waals surface area contributed by atoms with Gasteiger partial charge in [0, 0.05) is 26.0 Å². The second kappa shape index (κ2) is 13.0. The molecule has 1 amide bonds. The van der Waals surface area contributed by atoms with Gasteiger partial charge in [0.15, 0.2) is 0 Å². The van der Waals surface area contributed by atoms with Gasteiger partial charge in [-0.3, -0.25) is 9.78 Å². The Bertz CT molecular complexity index is 951. The predicted molar refractivity (Wildman–Crippen MR) is 132 cm³/mol. The van der Waals surface area contributed by atoms with E-state index < -0.39 is 0 Å². The van der Waals surface area contributed by atoms with Crippen molar-refractivity contribution in [2.45, 2.75) is 84.2 Å². The van der Waals surface area contributed by atoms with Gasteiger partial charge in [0.2, 0.25) is 0 Å². The molecule has 0 aliphatic heterocycles. The lowest BCUT2D eigenvalue weighted by molar-refractivity contribution is 0.0779. The van der Waals surface area contributed by atoms with E-state index in [9.17, 15) is 4.79 Å². The van der Waals surface area contributed by atoms with Gasteiger partial charge in [-0.25, -0.2) is 4.98 Å². The third kappa shape index (κ3) is 6.91. The van der Waals surface area contributed by atoms with Crippen LogP contribution in [0.5, 0.6) is 0 Å². The van der Waals surface area contributed by atoms with Gasteiger partial charge in [0.1, 0.15) is 5.82 Å². The van der Waals surface area contributed by atoms with Crippen LogP contribution in [0.1, 0.15) is 87.3 Å². The molecule has 5 heteroatoms. The Hall–Kier alpha value is -2.69. The molecule has 0 radical (unpaired) electrons. The Balaban J connectivity index is 1.53. The number of carbonyl (C=O) groups is 1. The number of aryl methyl sites for hydroxylation is 1. The molecule has 172 valence electrons. The van der Waals surface area contributed by atoms with Gasteiger partial charge in [-0.2, -0.15) is 0 Å². The van der Waals surface area contributed by atoms with Gasteiger partial charge >= 0.3 is 0 Å². The summed E-state index contributed by atoms with van der Waals surface area (Å²) in [4.78, 5) is 23.4. The smallest absolute Gasteiger partial charge is 0.255 e. The number of aromatic nitrogens is 3. The second-order valence-electron chi connectivity index (χ2n) is 8.75. The summed E-state index contributed by atoms with van der Waals surface area (Å²) < 4.78 is 2.30. The molecular formula is C27H38N4O. The third-order valence-corrected chi connectivity index (χ3v) is 6.10. The van der Waals surface area contributed by atoms with Crippen LogP contribution in [0.3, 0.4) is 0 Å². The van der Waals surface area contributed by atoms with Gasteiger partial charge in [0.25, 0.3) is 5.91 Å². The van der Waals surface area contributed by atoms with Gasteiger partial charge in [-0.05, 0) is 30.7 Å². The standard InChI is InChI=1S/C27H38N4O/c1-3-4-5-6-7-8-9-10-11-14-20-31-25-18-13-12-17-24(25)29-26(31)22-30(2)27(32)23-16-15-19-28-21-23/h12-13,15-19,21H,3-11,14,20,22H2,1-2H3. The molecule has 5 nitrogen and oxygen atoms in total. The van der Waals surface area contributed by atoms with E-state index in [1.165, 1.54) is 57.8 Å². The third-order valence-electron chi connectivity index (χ3n) is 6.10. The van der Waals surface area contributed by atoms with E-state index in [0.717, 1.165) is 29.8 Å². The molecule has 1 aromatic carbocycles. The van der Waals surface area contributed by atoms with Crippen molar-refractivity contribution >= 4 is 16.9 Å². The largest absolute Gasteiger partial charge is 0.334 e. The number of imidazole rings is 1. The second-order valence-corrected chi connectivity index (χ2v) is 8.75. The SMILES string of the molecule is CCCCCCCCCCCCn1c(CN(C)C(=O)c2cccnc2)nc2ccccc21. The van der Waals surface area contributed by atoms with Crippen LogP contribution < -0.4 is 0 Å². The summed E-state index contributed by atoms with van der Waals surface area (Å²) in [7, 11) is 1.83. The Kier molecular flexibility index (Phi) is 9.73. The molecule has 3 aromatic rings. The number of fused-ring (bicyclic) bond motifs is 1. The molecule has 0 aliphatic carbocycles. The van der Waals surface area contributed by atoms with Gasteiger partial charge in [-0.1, -0.05) is 76.8 Å². The van der Waals surface area contributed by atoms with Crippen molar-refractivity contribution in [3.8, 4) is 0 Å². The van der Waals surface area contributed by atoms with Crippen LogP contribution in [-0.2, 0) is 13.1 Å². The number of amides is 1. The molecular weight excluding hydrogens is 396 g/mol. The van der Waals surface area contributed by atoms with E-state index in [2.05, 4.69) is 34.7 Å². The maximum absolute atomic E-state index is 12.8. The summed E-state index contributed by atoms with van der Waals surface area (Å²) in [6.07, 6.45) is 16.6. The molecule has 3 rings (SSSR count). The highest BCUT2D eigenvalue weighted by atomic mass is 16.2. The molecule has 0 saturated heterocycles. The topological polar surface area (TPSA) is 51.0 Å². The Morgan fingerprint density at radius 2 is 1.59 bits per heavy atom. The molecule has 0 spiro atoms. The molecule has 32 heavy (non-hydrogen) atoms. The quantitative estimate of drug-likeness (QED) is 0.268. The van der Waals surface area contributed by atoms with Crippen LogP contribution in [0.25, 0.3) is 11.0 Å². The van der Waals surface area contributed by atoms with Crippen LogP contribution in [0.4, 0.5) is 0 Å². The number of carbonyl (C=O) groups excluding carboxylic acids is 1. The molecule has 0 bridgehead atoms. The number of nitrogens with zero attached hydrogens (tertiary/aromatic N) is 4. The number of rotatable bonds is 14. The average Bonchev–Trinajstić information content (AvgIpc) is 3.17. The molecule has 0 N–H and O–H groups in total. The normalized spacial score (nSPS) is 11.2. The molecule has 0 saturated carbocycles. The zero-order valence-electron chi connectivity index (χ0n) is 19.8. The highest BCUT2D eigenvalue weighted by molar-refractivity contribution is 5.93. The summed E-state index contributed by atoms with van der Waals surface area (Å²) in [6.45, 7) is 3.70. The number of hydrogen-bond acceptors (Lipinski definition) is 3. The Morgan fingerprint density at radius 3 is 2.28 bits per heavy atom. The van der Waals surface area contributed by atoms with Gasteiger partial charge < -0.3 is 9.47 Å². The van der Waals surface area contributed by atoms with E-state index in [1.54, 1.807) is 29.4 Å². The van der Waals surface area contributed by atoms with Crippen molar-refractivity contribution in [3.05, 3.63) is 60.2 Å². The lowest BCUT2D eigenvalue weighted by Crippen LogP contribution is -2.27. The fourth-order valence-electron chi connectivity index (χ4n) is 4.25. The van der Waals surface area contributed by atoms with E-state index in [1.807, 2.05) is 13.1 Å². The number of pyridine rings is 1. The van der Waals surface area contributed by atoms with Crippen molar-refractivity contribution in [2.24, 2.45) is 0 Å². The summed E-state index contributed by atoms with van der Waals surface area (Å²) in [5.74, 6) is 0.914. The minimum atomic E-state index is -0.0318. The van der Waals surface area contributed by atoms with Crippen molar-refractivity contribution in [1.82, 2.24) is 19.4 Å². The Morgan fingerprint density at radius 1 is 0.906 bits per heavy atom. The van der Waals surface area contributed by atoms with Crippen molar-refractivity contribution in [1.29, 1.82) is 0 Å². The van der Waals surface area contributed by atoms with Crippen LogP contribution in [0.2, 0.25) is 0 Å². The fraction of sp³-hybridized carbons (Fsp3) is 0.519. The highest BCUT2D eigenvalue weighted by Gasteiger charge is 2.17. The molecule has 0 unspecified atom stereocenters. The van der Waals surface area contributed by atoms with E-state index in [0.29, 0.717) is 12.1 Å². The lowest BCUT2D eigenvalue weighted by Gasteiger charge is -2.18. The maximum atomic E-state index is 12.8. The van der Waals surface area contributed by atoms with Crippen molar-refractivity contribution < 1.29 is 4.79 Å². The summed E-state index contributed by atoms with van der Waals surface area (Å²) in [5.41, 5.74) is 2.75. The number of benzene rings is 1. The summed E-state index contributed by atoms with van der Waals surface area (Å²) in [5, 5.41) is 0. The molecule has 0 atom stereocenters. The summed E-state index contributed by atoms with van der Waals surface area (Å²) >= 11 is 0. The number of hydrogen-bond donors (Lipinski definition) is 0. The highest BCUT2D eigenvalue weighted by Crippen LogP contribution is 2.19. The zero-order valence-corrected chi connectivity index (χ0v) is 19.8. The minimum Gasteiger partial charge on any atom is -0.334 e. The van der Waals surface area contributed by atoms with Gasteiger partial charge in [-0.15, -0.1) is 0 Å². The Labute approximate surface area is 192 Å². The van der Waals surface area contributed by atoms with Crippen LogP contribution in [0.15, 0.2) is 48.8 Å². The van der Waals surface area contributed by atoms with Crippen LogP contribution in [0, 0.1) is 0 Å². The maximum Gasteiger partial charge on any atom is 0.255 e. The number of unbranched alkanes of at least 4 members (excludes halogenated alkanes) is 9. The van der Waals surface area contributed by atoms with Crippen LogP contribution >= 0.6 is 0 Å². The molecule has 0 fully saturated rings. The lowest BCUT2D eigenvalue weighted by atomic mass is 10.1. The average molecular weight is 435 g/mol. The van der Waals surface area contributed by atoms with E-state index in [4.69, 9.17) is 4.98 Å². The minimum absolute atomic E-state index is 0.0318. The number of para-hydroxylation sites is 2. The molecule has 0 aliphatic rings. The van der Waals surface area contributed by atoms with E-state index >= 15 is 0 Å². The van der Waals surface area contributed by atoms with Crippen molar-refractivity contribution in [2.75, 3.05) is 7.05 Å². The first-order valence-corrected chi connectivity index (χ1v) is 12.3. The molecule has 2 aromatic heterocycles. The zero-order chi connectivity index (χ0) is 22.6. The van der Waals surface area contributed by atoms with Crippen LogP contribution in [-0.4, -0.2) is 32.4 Å². The predicted octanol–water partition coefficient (Wildman–Crippen LogP) is 6.62. The monoisotopic (exact) mass is 434 g/mol. The fourth-order valence-corrected chi connectivity index (χ4v) is 4.25. The first kappa shape index (κ1) is 24.0.